The van der Waals surface area contributed by atoms with E-state index in [0.717, 1.165) is 28.5 Å². The Morgan fingerprint density at radius 3 is 2.78 bits per heavy atom. The van der Waals surface area contributed by atoms with Crippen LogP contribution in [0.25, 0.3) is 11.3 Å². The van der Waals surface area contributed by atoms with Crippen molar-refractivity contribution < 1.29 is 26.0 Å². The fraction of sp³-hybridized carbons (Fsp3) is 0.167. The molecule has 142 valence electrons. The largest absolute Gasteiger partial charge is 0.494 e. The van der Waals surface area contributed by atoms with Crippen LogP contribution in [0.5, 0.6) is 5.75 Å². The van der Waals surface area contributed by atoms with E-state index in [1.165, 1.54) is 25.4 Å². The first-order valence-electron chi connectivity index (χ1n) is 9.19. The minimum absolute atomic E-state index is 0.0651. The molecule has 6 nitrogen and oxygen atoms in total. The maximum Gasteiger partial charge on any atom is 0.269 e. The molecule has 27 heavy (non-hydrogen) atoms. The summed E-state index contributed by atoms with van der Waals surface area (Å²) in [6.07, 6.45) is 3.65. The maximum atomic E-state index is 14.6. The zero-order valence-corrected chi connectivity index (χ0v) is 14.9. The van der Waals surface area contributed by atoms with Crippen molar-refractivity contribution in [2.75, 3.05) is 14.1 Å². The molecule has 0 saturated carbocycles. The summed E-state index contributed by atoms with van der Waals surface area (Å²) in [5, 5.41) is 2.27. The number of halogens is 2. The first-order chi connectivity index (χ1) is 14.0. The van der Waals surface area contributed by atoms with E-state index in [4.69, 9.17) is 8.85 Å². The highest BCUT2D eigenvalue weighted by atomic mass is 32.2. The lowest BCUT2D eigenvalue weighted by atomic mass is 10.1. The van der Waals surface area contributed by atoms with Gasteiger partial charge < -0.3 is 10.1 Å². The number of pyridine rings is 1. The molecule has 1 N–H and O–H groups in total. The van der Waals surface area contributed by atoms with Crippen LogP contribution in [0.2, 0.25) is 0 Å². The Balaban J connectivity index is 2.28. The Kier molecular flexibility index (Phi) is 4.22. The summed E-state index contributed by atoms with van der Waals surface area (Å²) in [4.78, 5) is 3.61. The van der Waals surface area contributed by atoms with Crippen LogP contribution in [0.1, 0.15) is 9.68 Å². The fourth-order valence-electron chi connectivity index (χ4n) is 2.69. The standard InChI is InChI=1S/C18H17F2N3O3S/c1-21-9-12-11-23(27(24,25)14-4-3-7-22-10-14)17(18(12)26-2)15-6-5-13(19)8-16(15)20/h3-8,10-11,21H,9H2,1-2H3/i1D3. The average Bonchev–Trinajstić information content (AvgIpc) is 3.05. The number of ether oxygens (including phenoxy) is 1. The van der Waals surface area contributed by atoms with Gasteiger partial charge in [-0.3, -0.25) is 4.98 Å². The van der Waals surface area contributed by atoms with Crippen LogP contribution in [0, 0.1) is 11.6 Å². The van der Waals surface area contributed by atoms with E-state index in [2.05, 4.69) is 10.3 Å². The average molecular weight is 396 g/mol. The van der Waals surface area contributed by atoms with Crippen LogP contribution in [0.15, 0.2) is 53.8 Å². The highest BCUT2D eigenvalue weighted by molar-refractivity contribution is 7.90. The molecule has 1 aromatic carbocycles. The Morgan fingerprint density at radius 2 is 2.15 bits per heavy atom. The third-order valence-corrected chi connectivity index (χ3v) is 5.50. The quantitative estimate of drug-likeness (QED) is 0.694. The third-order valence-electron chi connectivity index (χ3n) is 3.86. The molecule has 0 radical (unpaired) electrons. The molecule has 0 saturated heterocycles. The molecular weight excluding hydrogens is 376 g/mol. The van der Waals surface area contributed by atoms with Crippen LogP contribution in [0.3, 0.4) is 0 Å². The minimum Gasteiger partial charge on any atom is -0.494 e. The Bertz CT molecular complexity index is 1170. The van der Waals surface area contributed by atoms with Crippen LogP contribution < -0.4 is 10.1 Å². The van der Waals surface area contributed by atoms with E-state index in [0.29, 0.717) is 6.07 Å². The molecular formula is C18H17F2N3O3S. The van der Waals surface area contributed by atoms with Crippen molar-refractivity contribution in [2.24, 2.45) is 0 Å². The van der Waals surface area contributed by atoms with Gasteiger partial charge in [-0.05, 0) is 31.2 Å². The van der Waals surface area contributed by atoms with Gasteiger partial charge in [0.25, 0.3) is 10.0 Å². The molecule has 0 aliphatic heterocycles. The molecule has 0 bridgehead atoms. The summed E-state index contributed by atoms with van der Waals surface area (Å²) in [5.74, 6) is -1.91. The summed E-state index contributed by atoms with van der Waals surface area (Å²) in [5.41, 5.74) is -0.290. The smallest absolute Gasteiger partial charge is 0.269 e. The molecule has 0 aliphatic rings. The predicted octanol–water partition coefficient (Wildman–Crippen LogP) is 2.79. The summed E-state index contributed by atoms with van der Waals surface area (Å²) < 4.78 is 82.4. The van der Waals surface area contributed by atoms with Crippen molar-refractivity contribution in [1.82, 2.24) is 14.3 Å². The molecule has 0 fully saturated rings. The highest BCUT2D eigenvalue weighted by Gasteiger charge is 2.28. The van der Waals surface area contributed by atoms with Crippen LogP contribution >= 0.6 is 0 Å². The maximum absolute atomic E-state index is 14.6. The molecule has 3 rings (SSSR count). The number of hydrogen-bond donors (Lipinski definition) is 1. The van der Waals surface area contributed by atoms with Gasteiger partial charge in [-0.15, -0.1) is 0 Å². The second-order valence-electron chi connectivity index (χ2n) is 5.50. The van der Waals surface area contributed by atoms with E-state index in [1.807, 2.05) is 0 Å². The van der Waals surface area contributed by atoms with Crippen LogP contribution in [-0.4, -0.2) is 31.5 Å². The SMILES string of the molecule is [2H]C([2H])([2H])NCc1cn(S(=O)(=O)c2cccnc2)c(-c2ccc(F)cc2F)c1OC. The van der Waals surface area contributed by atoms with Gasteiger partial charge in [0.1, 0.15) is 28.0 Å². The Hall–Kier alpha value is -2.78. The lowest BCUT2D eigenvalue weighted by Gasteiger charge is -2.13. The topological polar surface area (TPSA) is 73.2 Å². The number of aromatic nitrogens is 2. The Labute approximate surface area is 159 Å². The first-order valence-corrected chi connectivity index (χ1v) is 9.13. The lowest BCUT2D eigenvalue weighted by molar-refractivity contribution is 0.411. The van der Waals surface area contributed by atoms with Crippen LogP contribution in [-0.2, 0) is 16.6 Å². The van der Waals surface area contributed by atoms with Crippen molar-refractivity contribution in [1.29, 1.82) is 0 Å². The summed E-state index contributed by atoms with van der Waals surface area (Å²) in [7, 11) is -3.03. The molecule has 3 aromatic rings. The van der Waals surface area contributed by atoms with Gasteiger partial charge in [-0.2, -0.15) is 0 Å². The number of rotatable bonds is 6. The normalized spacial score (nSPS) is 13.7. The zero-order chi connectivity index (χ0) is 22.1. The van der Waals surface area contributed by atoms with E-state index in [9.17, 15) is 17.2 Å². The number of hydrogen-bond acceptors (Lipinski definition) is 5. The molecule has 0 atom stereocenters. The molecule has 9 heteroatoms. The highest BCUT2D eigenvalue weighted by Crippen LogP contribution is 2.38. The van der Waals surface area contributed by atoms with Gasteiger partial charge in [0.05, 0.1) is 7.11 Å². The molecule has 0 amide bonds. The summed E-state index contributed by atoms with van der Waals surface area (Å²) in [6.45, 7) is -2.79. The van der Waals surface area contributed by atoms with E-state index in [1.54, 1.807) is 0 Å². The lowest BCUT2D eigenvalue weighted by Crippen LogP contribution is -2.14. The van der Waals surface area contributed by atoms with Gasteiger partial charge in [-0.25, -0.2) is 21.2 Å². The van der Waals surface area contributed by atoms with Gasteiger partial charge in [-0.1, -0.05) is 0 Å². The second-order valence-corrected chi connectivity index (χ2v) is 7.32. The van der Waals surface area contributed by atoms with Crippen molar-refractivity contribution in [2.45, 2.75) is 11.4 Å². The molecule has 0 spiro atoms. The monoisotopic (exact) mass is 396 g/mol. The number of nitrogens with one attached hydrogen (secondary N) is 1. The summed E-state index contributed by atoms with van der Waals surface area (Å²) in [6, 6.07) is 5.40. The van der Waals surface area contributed by atoms with Crippen molar-refractivity contribution in [3.63, 3.8) is 0 Å². The number of nitrogens with zero attached hydrogens (tertiary/aromatic N) is 2. The van der Waals surface area contributed by atoms with Gasteiger partial charge >= 0.3 is 0 Å². The number of benzene rings is 1. The van der Waals surface area contributed by atoms with Gasteiger partial charge in [0.2, 0.25) is 0 Å². The zero-order valence-electron chi connectivity index (χ0n) is 17.1. The minimum atomic E-state index is -4.26. The van der Waals surface area contributed by atoms with Crippen molar-refractivity contribution in [3.8, 4) is 17.0 Å². The molecule has 0 aliphatic carbocycles. The Morgan fingerprint density at radius 1 is 1.33 bits per heavy atom. The second kappa shape index (κ2) is 7.45. The van der Waals surface area contributed by atoms with Crippen molar-refractivity contribution >= 4 is 10.0 Å². The molecule has 2 aromatic heterocycles. The van der Waals surface area contributed by atoms with Gasteiger partial charge in [0, 0.05) is 46.4 Å². The molecule has 0 unspecified atom stereocenters. The third kappa shape index (κ3) is 3.43. The van der Waals surface area contributed by atoms with E-state index < -0.39 is 28.6 Å². The molecule has 2 heterocycles. The fourth-order valence-corrected chi connectivity index (χ4v) is 4.05. The summed E-state index contributed by atoms with van der Waals surface area (Å²) >= 11 is 0. The van der Waals surface area contributed by atoms with Gasteiger partial charge in [0.15, 0.2) is 0 Å². The van der Waals surface area contributed by atoms with E-state index in [-0.39, 0.29) is 34.0 Å². The van der Waals surface area contributed by atoms with Crippen LogP contribution in [0.4, 0.5) is 8.78 Å². The predicted molar refractivity (Wildman–Crippen MR) is 95.9 cm³/mol. The number of methoxy groups -OCH3 is 1. The van der Waals surface area contributed by atoms with Crippen molar-refractivity contribution in [3.05, 3.63) is 66.1 Å². The first kappa shape index (κ1) is 15.3. The van der Waals surface area contributed by atoms with E-state index >= 15 is 0 Å².